The molecule has 1 atom stereocenters. The number of ether oxygens (including phenoxy) is 2. The van der Waals surface area contributed by atoms with Gasteiger partial charge in [-0.3, -0.25) is 4.79 Å². The number of fused-ring (bicyclic) bond motifs is 1. The molecular formula is C27H29N3O3. The number of aryl methyl sites for hydroxylation is 1. The Kier molecular flexibility index (Phi) is 6.93. The SMILES string of the molecule is COc1cccc(OCCn2c(C(C)NC(=O)Cc3ccccc3C)nc3ccccc32)c1. The standard InChI is InChI=1S/C27H29N3O3/c1-19-9-4-5-10-21(19)17-26(31)28-20(2)27-29-24-13-6-7-14-25(24)30(27)15-16-33-23-12-8-11-22(18-23)32-3/h4-14,18,20H,15-17H2,1-3H3,(H,28,31). The van der Waals surface area contributed by atoms with E-state index in [0.717, 1.165) is 39.5 Å². The Balaban J connectivity index is 1.49. The molecule has 0 fully saturated rings. The monoisotopic (exact) mass is 443 g/mol. The van der Waals surface area contributed by atoms with E-state index in [9.17, 15) is 4.79 Å². The van der Waals surface area contributed by atoms with Gasteiger partial charge in [0.25, 0.3) is 0 Å². The molecule has 0 saturated heterocycles. The van der Waals surface area contributed by atoms with Crippen LogP contribution in [-0.4, -0.2) is 29.2 Å². The molecule has 1 N–H and O–H groups in total. The molecule has 1 aromatic heterocycles. The Bertz CT molecular complexity index is 1250. The first-order valence-electron chi connectivity index (χ1n) is 11.1. The summed E-state index contributed by atoms with van der Waals surface area (Å²) in [5.41, 5.74) is 4.06. The molecule has 0 radical (unpaired) electrons. The Morgan fingerprint density at radius 1 is 1.03 bits per heavy atom. The molecule has 1 amide bonds. The van der Waals surface area contributed by atoms with Crippen molar-refractivity contribution < 1.29 is 14.3 Å². The van der Waals surface area contributed by atoms with Crippen molar-refractivity contribution in [1.29, 1.82) is 0 Å². The van der Waals surface area contributed by atoms with Gasteiger partial charge in [-0.2, -0.15) is 0 Å². The second kappa shape index (κ2) is 10.2. The third-order valence-electron chi connectivity index (χ3n) is 5.69. The lowest BCUT2D eigenvalue weighted by atomic mass is 10.1. The van der Waals surface area contributed by atoms with Gasteiger partial charge in [-0.05, 0) is 49.2 Å². The zero-order chi connectivity index (χ0) is 23.2. The number of para-hydroxylation sites is 2. The van der Waals surface area contributed by atoms with Crippen LogP contribution in [0.4, 0.5) is 0 Å². The maximum absolute atomic E-state index is 12.7. The maximum atomic E-state index is 12.7. The van der Waals surface area contributed by atoms with Gasteiger partial charge in [0.15, 0.2) is 0 Å². The summed E-state index contributed by atoms with van der Waals surface area (Å²) in [7, 11) is 1.64. The van der Waals surface area contributed by atoms with Crippen molar-refractivity contribution in [3.63, 3.8) is 0 Å². The van der Waals surface area contributed by atoms with Crippen LogP contribution >= 0.6 is 0 Å². The normalized spacial score (nSPS) is 11.8. The first-order chi connectivity index (χ1) is 16.0. The lowest BCUT2D eigenvalue weighted by Crippen LogP contribution is -2.30. The van der Waals surface area contributed by atoms with Gasteiger partial charge < -0.3 is 19.4 Å². The molecule has 0 aliphatic carbocycles. The van der Waals surface area contributed by atoms with E-state index in [1.807, 2.05) is 86.6 Å². The van der Waals surface area contributed by atoms with E-state index in [4.69, 9.17) is 14.5 Å². The fourth-order valence-electron chi connectivity index (χ4n) is 3.94. The highest BCUT2D eigenvalue weighted by molar-refractivity contribution is 5.80. The van der Waals surface area contributed by atoms with Crippen molar-refractivity contribution >= 4 is 16.9 Å². The summed E-state index contributed by atoms with van der Waals surface area (Å²) >= 11 is 0. The first kappa shape index (κ1) is 22.4. The third kappa shape index (κ3) is 5.34. The van der Waals surface area contributed by atoms with Crippen LogP contribution < -0.4 is 14.8 Å². The summed E-state index contributed by atoms with van der Waals surface area (Å²) in [6.45, 7) is 5.06. The number of benzene rings is 3. The van der Waals surface area contributed by atoms with Crippen molar-refractivity contribution in [3.05, 3.63) is 89.7 Å². The lowest BCUT2D eigenvalue weighted by Gasteiger charge is -2.17. The average Bonchev–Trinajstić information content (AvgIpc) is 3.19. The van der Waals surface area contributed by atoms with Gasteiger partial charge in [0.05, 0.1) is 37.2 Å². The number of rotatable bonds is 9. The smallest absolute Gasteiger partial charge is 0.225 e. The van der Waals surface area contributed by atoms with E-state index in [1.165, 1.54) is 0 Å². The van der Waals surface area contributed by atoms with Gasteiger partial charge in [0.1, 0.15) is 23.9 Å². The van der Waals surface area contributed by atoms with E-state index in [0.29, 0.717) is 19.6 Å². The Hall–Kier alpha value is -3.80. The molecule has 33 heavy (non-hydrogen) atoms. The zero-order valence-corrected chi connectivity index (χ0v) is 19.2. The number of imidazole rings is 1. The predicted octanol–water partition coefficient (Wildman–Crippen LogP) is 4.85. The van der Waals surface area contributed by atoms with Gasteiger partial charge in [-0.15, -0.1) is 0 Å². The number of nitrogens with zero attached hydrogens (tertiary/aromatic N) is 2. The van der Waals surface area contributed by atoms with Crippen LogP contribution in [0.3, 0.4) is 0 Å². The zero-order valence-electron chi connectivity index (χ0n) is 19.2. The molecule has 0 aliphatic rings. The number of hydrogen-bond acceptors (Lipinski definition) is 4. The van der Waals surface area contributed by atoms with Crippen LogP contribution in [0.15, 0.2) is 72.8 Å². The highest BCUT2D eigenvalue weighted by Gasteiger charge is 2.19. The van der Waals surface area contributed by atoms with Crippen LogP contribution in [0.1, 0.15) is 29.9 Å². The van der Waals surface area contributed by atoms with Crippen LogP contribution in [0, 0.1) is 6.92 Å². The molecule has 4 aromatic rings. The molecule has 0 saturated carbocycles. The van der Waals surface area contributed by atoms with E-state index in [-0.39, 0.29) is 11.9 Å². The van der Waals surface area contributed by atoms with E-state index < -0.39 is 0 Å². The summed E-state index contributed by atoms with van der Waals surface area (Å²) in [6, 6.07) is 23.3. The fourth-order valence-corrected chi connectivity index (χ4v) is 3.94. The number of carbonyl (C=O) groups excluding carboxylic acids is 1. The average molecular weight is 444 g/mol. The second-order valence-electron chi connectivity index (χ2n) is 8.03. The molecule has 0 spiro atoms. The summed E-state index contributed by atoms with van der Waals surface area (Å²) in [6.07, 6.45) is 0.343. The van der Waals surface area contributed by atoms with Crippen molar-refractivity contribution in [2.24, 2.45) is 0 Å². The highest BCUT2D eigenvalue weighted by atomic mass is 16.5. The number of nitrogens with one attached hydrogen (secondary N) is 1. The predicted molar refractivity (Wildman–Crippen MR) is 130 cm³/mol. The summed E-state index contributed by atoms with van der Waals surface area (Å²) < 4.78 is 13.3. The van der Waals surface area contributed by atoms with Crippen LogP contribution in [0.2, 0.25) is 0 Å². The van der Waals surface area contributed by atoms with E-state index >= 15 is 0 Å². The molecule has 170 valence electrons. The lowest BCUT2D eigenvalue weighted by molar-refractivity contribution is -0.121. The Morgan fingerprint density at radius 2 is 1.79 bits per heavy atom. The van der Waals surface area contributed by atoms with Crippen LogP contribution in [0.25, 0.3) is 11.0 Å². The second-order valence-corrected chi connectivity index (χ2v) is 8.03. The highest BCUT2D eigenvalue weighted by Crippen LogP contribution is 2.22. The molecule has 6 heteroatoms. The number of carbonyl (C=O) groups is 1. The first-order valence-corrected chi connectivity index (χ1v) is 11.1. The quantitative estimate of drug-likeness (QED) is 0.402. The minimum atomic E-state index is -0.245. The number of methoxy groups -OCH3 is 1. The minimum Gasteiger partial charge on any atom is -0.497 e. The van der Waals surface area contributed by atoms with Gasteiger partial charge in [-0.25, -0.2) is 4.98 Å². The van der Waals surface area contributed by atoms with Gasteiger partial charge in [-0.1, -0.05) is 42.5 Å². The summed E-state index contributed by atoms with van der Waals surface area (Å²) in [4.78, 5) is 17.6. The molecule has 0 bridgehead atoms. The van der Waals surface area contributed by atoms with E-state index in [2.05, 4.69) is 9.88 Å². The molecule has 0 aliphatic heterocycles. The molecular weight excluding hydrogens is 414 g/mol. The molecule has 3 aromatic carbocycles. The molecule has 1 heterocycles. The van der Waals surface area contributed by atoms with Crippen LogP contribution in [0.5, 0.6) is 11.5 Å². The van der Waals surface area contributed by atoms with Crippen molar-refractivity contribution in [1.82, 2.24) is 14.9 Å². The molecule has 1 unspecified atom stereocenters. The van der Waals surface area contributed by atoms with Crippen LogP contribution in [-0.2, 0) is 17.8 Å². The van der Waals surface area contributed by atoms with Gasteiger partial charge in [0, 0.05) is 6.07 Å². The van der Waals surface area contributed by atoms with Crippen molar-refractivity contribution in [3.8, 4) is 11.5 Å². The third-order valence-corrected chi connectivity index (χ3v) is 5.69. The summed E-state index contributed by atoms with van der Waals surface area (Å²) in [5.74, 6) is 2.29. The van der Waals surface area contributed by atoms with Gasteiger partial charge in [0.2, 0.25) is 5.91 Å². The minimum absolute atomic E-state index is 0.0250. The van der Waals surface area contributed by atoms with Crippen molar-refractivity contribution in [2.45, 2.75) is 32.9 Å². The van der Waals surface area contributed by atoms with Crippen molar-refractivity contribution in [2.75, 3.05) is 13.7 Å². The van der Waals surface area contributed by atoms with E-state index in [1.54, 1.807) is 7.11 Å². The summed E-state index contributed by atoms with van der Waals surface area (Å²) in [5, 5.41) is 3.12. The maximum Gasteiger partial charge on any atom is 0.225 e. The topological polar surface area (TPSA) is 65.4 Å². The Morgan fingerprint density at radius 3 is 2.61 bits per heavy atom. The largest absolute Gasteiger partial charge is 0.497 e. The molecule has 6 nitrogen and oxygen atoms in total. The Labute approximate surface area is 194 Å². The molecule has 4 rings (SSSR count). The van der Waals surface area contributed by atoms with Gasteiger partial charge >= 0.3 is 0 Å². The number of aromatic nitrogens is 2. The number of amides is 1. The number of hydrogen-bond donors (Lipinski definition) is 1. The fraction of sp³-hybridized carbons (Fsp3) is 0.259.